The van der Waals surface area contributed by atoms with Crippen LogP contribution in [0.25, 0.3) is 11.4 Å². The number of non-ortho nitro benzene ring substituents is 1. The molecule has 0 saturated heterocycles. The molecule has 1 aliphatic rings. The van der Waals surface area contributed by atoms with Crippen LogP contribution in [0.5, 0.6) is 5.75 Å². The number of hydrogen-bond acceptors (Lipinski definition) is 7. The van der Waals surface area contributed by atoms with Crippen LogP contribution in [0.15, 0.2) is 41.6 Å². The standard InChI is InChI=1S/C18H15ClN4O4S/c1-22-17(14-4-2-3-5-15(14)19)20-21-18(22)28-9-12-7-13(23(24)25)6-11-8-26-10-27-16(11)12/h2-7H,8-10H2,1H3. The van der Waals surface area contributed by atoms with Crippen LogP contribution < -0.4 is 4.74 Å². The van der Waals surface area contributed by atoms with E-state index < -0.39 is 4.92 Å². The van der Waals surface area contributed by atoms with Crippen LogP contribution in [0.3, 0.4) is 0 Å². The highest BCUT2D eigenvalue weighted by atomic mass is 35.5. The molecule has 0 amide bonds. The van der Waals surface area contributed by atoms with Crippen molar-refractivity contribution in [1.29, 1.82) is 0 Å². The van der Waals surface area contributed by atoms with E-state index in [9.17, 15) is 10.1 Å². The number of ether oxygens (including phenoxy) is 2. The van der Waals surface area contributed by atoms with Crippen LogP contribution in [-0.4, -0.2) is 26.5 Å². The predicted molar refractivity (Wildman–Crippen MR) is 104 cm³/mol. The lowest BCUT2D eigenvalue weighted by Gasteiger charge is -2.20. The second-order valence-corrected chi connectivity index (χ2v) is 7.44. The van der Waals surface area contributed by atoms with Gasteiger partial charge in [-0.25, -0.2) is 0 Å². The summed E-state index contributed by atoms with van der Waals surface area (Å²) in [6, 6.07) is 10.4. The van der Waals surface area contributed by atoms with Gasteiger partial charge in [0.2, 0.25) is 0 Å². The van der Waals surface area contributed by atoms with E-state index in [2.05, 4.69) is 10.2 Å². The average molecular weight is 419 g/mol. The van der Waals surface area contributed by atoms with E-state index in [1.165, 1.54) is 23.9 Å². The van der Waals surface area contributed by atoms with Crippen molar-refractivity contribution in [2.45, 2.75) is 17.5 Å². The normalized spacial score (nSPS) is 13.1. The van der Waals surface area contributed by atoms with Crippen molar-refractivity contribution < 1.29 is 14.4 Å². The average Bonchev–Trinajstić information content (AvgIpc) is 3.06. The molecule has 0 atom stereocenters. The number of fused-ring (bicyclic) bond motifs is 1. The zero-order chi connectivity index (χ0) is 19.7. The Balaban J connectivity index is 1.61. The minimum absolute atomic E-state index is 0.0122. The maximum absolute atomic E-state index is 11.2. The van der Waals surface area contributed by atoms with Gasteiger partial charge in [-0.2, -0.15) is 0 Å². The van der Waals surface area contributed by atoms with Crippen LogP contribution >= 0.6 is 23.4 Å². The second-order valence-electron chi connectivity index (χ2n) is 6.09. The van der Waals surface area contributed by atoms with E-state index in [1.54, 1.807) is 6.07 Å². The Bertz CT molecular complexity index is 1060. The third-order valence-corrected chi connectivity index (χ3v) is 5.69. The van der Waals surface area contributed by atoms with Crippen LogP contribution in [0.1, 0.15) is 11.1 Å². The molecular weight excluding hydrogens is 404 g/mol. The first-order chi connectivity index (χ1) is 13.5. The van der Waals surface area contributed by atoms with Gasteiger partial charge in [0.05, 0.1) is 16.6 Å². The number of nitro groups is 1. The van der Waals surface area contributed by atoms with Gasteiger partial charge < -0.3 is 14.0 Å². The Hall–Kier alpha value is -2.62. The first kappa shape index (κ1) is 18.7. The fraction of sp³-hybridized carbons (Fsp3) is 0.222. The summed E-state index contributed by atoms with van der Waals surface area (Å²) >= 11 is 7.68. The van der Waals surface area contributed by atoms with E-state index in [4.69, 9.17) is 21.1 Å². The van der Waals surface area contributed by atoms with Crippen LogP contribution in [0, 0.1) is 10.1 Å². The molecule has 0 spiro atoms. The number of rotatable bonds is 5. The maximum Gasteiger partial charge on any atom is 0.270 e. The summed E-state index contributed by atoms with van der Waals surface area (Å²) in [5, 5.41) is 21.0. The summed E-state index contributed by atoms with van der Waals surface area (Å²) < 4.78 is 12.7. The van der Waals surface area contributed by atoms with E-state index >= 15 is 0 Å². The van der Waals surface area contributed by atoms with Gasteiger partial charge in [-0.15, -0.1) is 10.2 Å². The Morgan fingerprint density at radius 3 is 2.93 bits per heavy atom. The van der Waals surface area contributed by atoms with Gasteiger partial charge in [0.15, 0.2) is 17.8 Å². The highest BCUT2D eigenvalue weighted by molar-refractivity contribution is 7.98. The highest BCUT2D eigenvalue weighted by Crippen LogP contribution is 2.36. The molecule has 0 unspecified atom stereocenters. The zero-order valence-electron chi connectivity index (χ0n) is 14.8. The van der Waals surface area contributed by atoms with Crippen molar-refractivity contribution in [2.75, 3.05) is 6.79 Å². The Morgan fingerprint density at radius 2 is 2.14 bits per heavy atom. The van der Waals surface area contributed by atoms with Crippen molar-refractivity contribution in [2.24, 2.45) is 7.05 Å². The molecule has 144 valence electrons. The van der Waals surface area contributed by atoms with Crippen LogP contribution in [0.4, 0.5) is 5.69 Å². The Morgan fingerprint density at radius 1 is 1.32 bits per heavy atom. The number of nitro benzene ring substituents is 1. The highest BCUT2D eigenvalue weighted by Gasteiger charge is 2.22. The Kier molecular flexibility index (Phi) is 5.21. The number of hydrogen-bond donors (Lipinski definition) is 0. The summed E-state index contributed by atoms with van der Waals surface area (Å²) in [7, 11) is 1.86. The largest absolute Gasteiger partial charge is 0.467 e. The zero-order valence-corrected chi connectivity index (χ0v) is 16.4. The maximum atomic E-state index is 11.2. The molecule has 28 heavy (non-hydrogen) atoms. The van der Waals surface area contributed by atoms with Crippen molar-refractivity contribution in [3.8, 4) is 17.1 Å². The van der Waals surface area contributed by atoms with Gasteiger partial charge in [0, 0.05) is 41.6 Å². The van der Waals surface area contributed by atoms with E-state index in [1.807, 2.05) is 29.8 Å². The van der Waals surface area contributed by atoms with Gasteiger partial charge in [-0.1, -0.05) is 35.5 Å². The lowest BCUT2D eigenvalue weighted by atomic mass is 10.1. The molecule has 8 nitrogen and oxygen atoms in total. The molecule has 10 heteroatoms. The van der Waals surface area contributed by atoms with Crippen LogP contribution in [-0.2, 0) is 24.1 Å². The fourth-order valence-corrected chi connectivity index (χ4v) is 4.05. The van der Waals surface area contributed by atoms with Gasteiger partial charge in [-0.3, -0.25) is 10.1 Å². The monoisotopic (exact) mass is 418 g/mol. The number of thioether (sulfide) groups is 1. The first-order valence-corrected chi connectivity index (χ1v) is 9.69. The Labute approximate surface area is 169 Å². The summed E-state index contributed by atoms with van der Waals surface area (Å²) in [5.74, 6) is 1.73. The lowest BCUT2D eigenvalue weighted by Crippen LogP contribution is -2.13. The predicted octanol–water partition coefficient (Wildman–Crippen LogP) is 4.20. The van der Waals surface area contributed by atoms with Gasteiger partial charge in [0.1, 0.15) is 5.75 Å². The molecule has 0 N–H and O–H groups in total. The van der Waals surface area contributed by atoms with E-state index in [-0.39, 0.29) is 19.1 Å². The lowest BCUT2D eigenvalue weighted by molar-refractivity contribution is -0.385. The first-order valence-electron chi connectivity index (χ1n) is 8.32. The molecule has 1 aromatic heterocycles. The topological polar surface area (TPSA) is 92.3 Å². The third kappa shape index (κ3) is 3.56. The molecule has 4 rings (SSSR count). The van der Waals surface area contributed by atoms with Crippen LogP contribution in [0.2, 0.25) is 5.02 Å². The molecule has 0 fully saturated rings. The minimum Gasteiger partial charge on any atom is -0.467 e. The number of halogens is 1. The minimum atomic E-state index is -0.416. The van der Waals surface area contributed by atoms with E-state index in [0.29, 0.717) is 33.1 Å². The molecule has 1 aliphatic heterocycles. The van der Waals surface area contributed by atoms with Gasteiger partial charge >= 0.3 is 0 Å². The summed E-state index contributed by atoms with van der Waals surface area (Å²) in [4.78, 5) is 10.8. The van der Waals surface area contributed by atoms with Crippen molar-refractivity contribution in [1.82, 2.24) is 14.8 Å². The molecule has 0 aliphatic carbocycles. The number of benzene rings is 2. The van der Waals surface area contributed by atoms with Crippen molar-refractivity contribution >= 4 is 29.1 Å². The third-order valence-electron chi connectivity index (χ3n) is 4.29. The molecule has 0 saturated carbocycles. The molecule has 2 heterocycles. The molecule has 0 radical (unpaired) electrons. The SMILES string of the molecule is Cn1c(SCc2cc([N+](=O)[O-])cc3c2OCOC3)nnc1-c1ccccc1Cl. The molecule has 3 aromatic rings. The van der Waals surface area contributed by atoms with Crippen molar-refractivity contribution in [3.05, 3.63) is 62.7 Å². The summed E-state index contributed by atoms with van der Waals surface area (Å²) in [6.07, 6.45) is 0. The fourth-order valence-electron chi connectivity index (χ4n) is 2.95. The number of aromatic nitrogens is 3. The second kappa shape index (κ2) is 7.78. The van der Waals surface area contributed by atoms with E-state index in [0.717, 1.165) is 11.1 Å². The smallest absolute Gasteiger partial charge is 0.270 e. The molecule has 0 bridgehead atoms. The molecular formula is C18H15ClN4O4S. The van der Waals surface area contributed by atoms with Gasteiger partial charge in [0.25, 0.3) is 5.69 Å². The van der Waals surface area contributed by atoms with Gasteiger partial charge in [-0.05, 0) is 12.1 Å². The van der Waals surface area contributed by atoms with Crippen molar-refractivity contribution in [3.63, 3.8) is 0 Å². The summed E-state index contributed by atoms with van der Waals surface area (Å²) in [6.45, 7) is 0.415. The quantitative estimate of drug-likeness (QED) is 0.348. The summed E-state index contributed by atoms with van der Waals surface area (Å²) in [5.41, 5.74) is 2.20. The number of nitrogens with zero attached hydrogens (tertiary/aromatic N) is 4. The molecule has 2 aromatic carbocycles.